The van der Waals surface area contributed by atoms with Crippen LogP contribution in [0.4, 0.5) is 5.69 Å². The maximum Gasteiger partial charge on any atom is 0.122 e. The number of rotatable bonds is 19. The molecule has 1 saturated heterocycles. The van der Waals surface area contributed by atoms with Crippen molar-refractivity contribution < 1.29 is 4.74 Å². The summed E-state index contributed by atoms with van der Waals surface area (Å²) in [5.41, 5.74) is 8.13. The second-order valence-corrected chi connectivity index (χ2v) is 11.8. The molecule has 226 valence electrons. The van der Waals surface area contributed by atoms with Gasteiger partial charge in [-0.25, -0.2) is 0 Å². The number of aryl methyl sites for hydroxylation is 2. The summed E-state index contributed by atoms with van der Waals surface area (Å²) in [4.78, 5) is 5.09. The highest BCUT2D eigenvalue weighted by Gasteiger charge is 2.20. The molecule has 0 saturated carbocycles. The number of ether oxygens (including phenoxy) is 1. The van der Waals surface area contributed by atoms with Gasteiger partial charge in [0.25, 0.3) is 0 Å². The first-order valence-corrected chi connectivity index (χ1v) is 16.3. The van der Waals surface area contributed by atoms with Gasteiger partial charge in [-0.05, 0) is 91.1 Å². The Morgan fingerprint density at radius 1 is 1.05 bits per heavy atom. The minimum atomic E-state index is 0.816. The lowest BCUT2D eigenvalue weighted by molar-refractivity contribution is 0.210. The highest BCUT2D eigenvalue weighted by Crippen LogP contribution is 2.29. The Morgan fingerprint density at radius 3 is 2.63 bits per heavy atom. The van der Waals surface area contributed by atoms with Gasteiger partial charge in [0.15, 0.2) is 0 Å². The van der Waals surface area contributed by atoms with Gasteiger partial charge < -0.3 is 19.9 Å². The molecule has 2 aromatic carbocycles. The van der Waals surface area contributed by atoms with E-state index >= 15 is 0 Å². The molecule has 1 aliphatic rings. The monoisotopic (exact) mass is 559 g/mol. The van der Waals surface area contributed by atoms with E-state index in [0.29, 0.717) is 0 Å². The normalized spacial score (nSPS) is 15.0. The maximum atomic E-state index is 5.76. The number of likely N-dealkylation sites (tertiary alicyclic amines) is 1. The van der Waals surface area contributed by atoms with Gasteiger partial charge in [0, 0.05) is 50.5 Å². The summed E-state index contributed by atoms with van der Waals surface area (Å²) in [6.45, 7) is 20.3. The van der Waals surface area contributed by atoms with E-state index in [1.54, 1.807) is 13.3 Å². The molecule has 1 fully saturated rings. The Hall–Kier alpha value is -2.88. The highest BCUT2D eigenvalue weighted by molar-refractivity contribution is 5.54. The largest absolute Gasteiger partial charge is 0.496 e. The average Bonchev–Trinajstić information content (AvgIpc) is 3.01. The number of allylic oxidation sites excluding steroid dienone is 1. The van der Waals surface area contributed by atoms with Crippen molar-refractivity contribution >= 4 is 5.69 Å². The van der Waals surface area contributed by atoms with Gasteiger partial charge in [-0.3, -0.25) is 0 Å². The Bertz CT molecular complexity index is 1080. The lowest BCUT2D eigenvalue weighted by Crippen LogP contribution is -2.34. The molecule has 0 radical (unpaired) electrons. The Morgan fingerprint density at radius 2 is 1.90 bits per heavy atom. The minimum Gasteiger partial charge on any atom is -0.496 e. The van der Waals surface area contributed by atoms with Crippen molar-refractivity contribution in [2.45, 2.75) is 97.9 Å². The van der Waals surface area contributed by atoms with Gasteiger partial charge in [0.05, 0.1) is 7.11 Å². The van der Waals surface area contributed by atoms with Crippen LogP contribution in [0.15, 0.2) is 61.5 Å². The summed E-state index contributed by atoms with van der Waals surface area (Å²) < 4.78 is 5.76. The Balaban J connectivity index is 1.78. The van der Waals surface area contributed by atoms with E-state index in [0.717, 1.165) is 63.5 Å². The topological polar surface area (TPSA) is 27.7 Å². The third-order valence-electron chi connectivity index (χ3n) is 8.79. The van der Waals surface area contributed by atoms with Gasteiger partial charge in [-0.15, -0.1) is 0 Å². The van der Waals surface area contributed by atoms with Crippen LogP contribution >= 0.6 is 0 Å². The van der Waals surface area contributed by atoms with Gasteiger partial charge in [-0.2, -0.15) is 0 Å². The predicted octanol–water partition coefficient (Wildman–Crippen LogP) is 8.69. The standard InChI is InChI=1S/C37H57N3O/c1-7-11-12-13-17-34-27-36(20-21-37(34)41-6)40(24-15-22-38-10-4)29-35-19-18-32(26-33(35)9-3)25-30(5)39-23-14-16-31(8-2)28-39/h10,18-21,26-27,31,38H,4-5,7-9,11-17,22-25,28-29H2,1-3,6H3. The van der Waals surface area contributed by atoms with E-state index in [2.05, 4.69) is 85.4 Å². The average molecular weight is 560 g/mol. The molecular weight excluding hydrogens is 502 g/mol. The quantitative estimate of drug-likeness (QED) is 0.174. The number of hydrogen-bond acceptors (Lipinski definition) is 4. The second-order valence-electron chi connectivity index (χ2n) is 11.8. The first kappa shape index (κ1) is 32.6. The van der Waals surface area contributed by atoms with E-state index in [1.165, 1.54) is 85.1 Å². The summed E-state index contributed by atoms with van der Waals surface area (Å²) in [7, 11) is 1.79. The van der Waals surface area contributed by atoms with E-state index in [9.17, 15) is 0 Å². The van der Waals surface area contributed by atoms with Crippen LogP contribution < -0.4 is 15.0 Å². The molecule has 1 unspecified atom stereocenters. The number of hydrogen-bond donors (Lipinski definition) is 1. The van der Waals surface area contributed by atoms with Crippen molar-refractivity contribution in [1.29, 1.82) is 0 Å². The summed E-state index contributed by atoms with van der Waals surface area (Å²) >= 11 is 0. The first-order valence-electron chi connectivity index (χ1n) is 16.3. The smallest absolute Gasteiger partial charge is 0.122 e. The van der Waals surface area contributed by atoms with Crippen LogP contribution in [0.2, 0.25) is 0 Å². The fraction of sp³-hybridized carbons (Fsp3) is 0.568. The zero-order valence-corrected chi connectivity index (χ0v) is 26.6. The zero-order chi connectivity index (χ0) is 29.5. The van der Waals surface area contributed by atoms with Gasteiger partial charge in [-0.1, -0.05) is 77.8 Å². The fourth-order valence-electron chi connectivity index (χ4n) is 6.18. The zero-order valence-electron chi connectivity index (χ0n) is 26.6. The van der Waals surface area contributed by atoms with E-state index in [-0.39, 0.29) is 0 Å². The molecule has 4 heteroatoms. The van der Waals surface area contributed by atoms with Crippen LogP contribution in [-0.4, -0.2) is 38.2 Å². The number of piperidine rings is 1. The summed E-state index contributed by atoms with van der Waals surface area (Å²) in [5, 5.41) is 3.27. The molecule has 1 aliphatic heterocycles. The number of anilines is 1. The number of nitrogens with one attached hydrogen (secondary N) is 1. The molecule has 1 N–H and O–H groups in total. The van der Waals surface area contributed by atoms with Crippen molar-refractivity contribution in [3.05, 3.63) is 83.7 Å². The van der Waals surface area contributed by atoms with Crippen LogP contribution in [0, 0.1) is 5.92 Å². The Labute approximate surface area is 251 Å². The van der Waals surface area contributed by atoms with Crippen molar-refractivity contribution in [3.8, 4) is 5.75 Å². The maximum absolute atomic E-state index is 5.76. The molecule has 2 aromatic rings. The number of methoxy groups -OCH3 is 1. The highest BCUT2D eigenvalue weighted by atomic mass is 16.5. The van der Waals surface area contributed by atoms with Gasteiger partial charge in [0.2, 0.25) is 0 Å². The van der Waals surface area contributed by atoms with Crippen molar-refractivity contribution in [3.63, 3.8) is 0 Å². The molecule has 4 nitrogen and oxygen atoms in total. The van der Waals surface area contributed by atoms with Crippen LogP contribution in [0.5, 0.6) is 5.75 Å². The minimum absolute atomic E-state index is 0.816. The molecule has 41 heavy (non-hydrogen) atoms. The SMILES string of the molecule is C=CNCCCN(Cc1ccc(CC(=C)N2CCCC(CC)C2)cc1CC)c1ccc(OC)c(CCCCCC)c1. The number of unbranched alkanes of at least 4 members (excludes halogenated alkanes) is 3. The van der Waals surface area contributed by atoms with Crippen LogP contribution in [0.1, 0.15) is 94.4 Å². The second kappa shape index (κ2) is 17.8. The van der Waals surface area contributed by atoms with E-state index in [4.69, 9.17) is 4.74 Å². The van der Waals surface area contributed by atoms with Crippen molar-refractivity contribution in [2.24, 2.45) is 5.92 Å². The molecule has 0 aliphatic carbocycles. The number of nitrogens with zero attached hydrogens (tertiary/aromatic N) is 2. The van der Waals surface area contributed by atoms with Crippen LogP contribution in [0.3, 0.4) is 0 Å². The molecule has 1 atom stereocenters. The number of benzene rings is 2. The molecule has 0 aromatic heterocycles. The lowest BCUT2D eigenvalue weighted by Gasteiger charge is -2.35. The van der Waals surface area contributed by atoms with Gasteiger partial charge in [0.1, 0.15) is 5.75 Å². The Kier molecular flexibility index (Phi) is 14.2. The van der Waals surface area contributed by atoms with Crippen molar-refractivity contribution in [2.75, 3.05) is 38.2 Å². The van der Waals surface area contributed by atoms with Gasteiger partial charge >= 0.3 is 0 Å². The van der Waals surface area contributed by atoms with Crippen LogP contribution in [0.25, 0.3) is 0 Å². The first-order chi connectivity index (χ1) is 20.0. The summed E-state index contributed by atoms with van der Waals surface area (Å²) in [6.07, 6.45) is 14.9. The molecule has 0 bridgehead atoms. The lowest BCUT2D eigenvalue weighted by atomic mass is 9.94. The molecular formula is C37H57N3O. The predicted molar refractivity (Wildman–Crippen MR) is 178 cm³/mol. The molecule has 1 heterocycles. The summed E-state index contributed by atoms with van der Waals surface area (Å²) in [5.74, 6) is 1.83. The van der Waals surface area contributed by atoms with E-state index in [1.807, 2.05) is 0 Å². The molecule has 3 rings (SSSR count). The summed E-state index contributed by atoms with van der Waals surface area (Å²) in [6, 6.07) is 13.9. The van der Waals surface area contributed by atoms with Crippen molar-refractivity contribution in [1.82, 2.24) is 10.2 Å². The third kappa shape index (κ3) is 10.2. The molecule has 0 spiro atoms. The fourth-order valence-corrected chi connectivity index (χ4v) is 6.18. The molecule has 0 amide bonds. The van der Waals surface area contributed by atoms with Crippen LogP contribution in [-0.2, 0) is 25.8 Å². The van der Waals surface area contributed by atoms with E-state index < -0.39 is 0 Å². The third-order valence-corrected chi connectivity index (χ3v) is 8.79.